The first-order valence-electron chi connectivity index (χ1n) is 7.23. The van der Waals surface area contributed by atoms with Gasteiger partial charge in [0.25, 0.3) is 0 Å². The molecule has 3 heteroatoms. The number of hydrogen-bond acceptors (Lipinski definition) is 3. The van der Waals surface area contributed by atoms with Gasteiger partial charge >= 0.3 is 0 Å². The molecule has 0 spiro atoms. The van der Waals surface area contributed by atoms with Crippen molar-refractivity contribution in [1.82, 2.24) is 4.98 Å². The van der Waals surface area contributed by atoms with Crippen LogP contribution in [-0.2, 0) is 13.0 Å². The Labute approximate surface area is 124 Å². The number of anilines is 2. The fraction of sp³-hybridized carbons (Fsp3) is 0.167. The van der Waals surface area contributed by atoms with Crippen LogP contribution in [0.2, 0.25) is 0 Å². The van der Waals surface area contributed by atoms with Gasteiger partial charge in [-0.2, -0.15) is 0 Å². The number of aromatic nitrogens is 1. The molecule has 2 aromatic carbocycles. The lowest BCUT2D eigenvalue weighted by Gasteiger charge is -2.12. The molecule has 21 heavy (non-hydrogen) atoms. The second-order valence-corrected chi connectivity index (χ2v) is 5.11. The van der Waals surface area contributed by atoms with E-state index in [1.54, 1.807) is 0 Å². The molecule has 0 unspecified atom stereocenters. The second kappa shape index (κ2) is 5.83. The fourth-order valence-corrected chi connectivity index (χ4v) is 2.58. The summed E-state index contributed by atoms with van der Waals surface area (Å²) in [5, 5.41) is 4.62. The summed E-state index contributed by atoms with van der Waals surface area (Å²) >= 11 is 0. The number of nitrogens with one attached hydrogen (secondary N) is 1. The molecule has 0 amide bonds. The molecule has 1 aromatic heterocycles. The number of pyridine rings is 1. The van der Waals surface area contributed by atoms with Crippen LogP contribution >= 0.6 is 0 Å². The molecule has 0 aliphatic carbocycles. The van der Waals surface area contributed by atoms with Crippen molar-refractivity contribution in [3.05, 3.63) is 65.9 Å². The van der Waals surface area contributed by atoms with Crippen molar-refractivity contribution < 1.29 is 0 Å². The van der Waals surface area contributed by atoms with Crippen LogP contribution in [0.25, 0.3) is 10.9 Å². The Bertz CT molecular complexity index is 765. The predicted octanol–water partition coefficient (Wildman–Crippen LogP) is 3.99. The van der Waals surface area contributed by atoms with Gasteiger partial charge in [0.1, 0.15) is 0 Å². The van der Waals surface area contributed by atoms with E-state index in [1.807, 2.05) is 30.5 Å². The number of nitrogens with two attached hydrogens (primary N) is 1. The minimum absolute atomic E-state index is 0.739. The van der Waals surface area contributed by atoms with Crippen molar-refractivity contribution in [2.24, 2.45) is 0 Å². The van der Waals surface area contributed by atoms with Crippen molar-refractivity contribution in [1.29, 1.82) is 0 Å². The van der Waals surface area contributed by atoms with Crippen molar-refractivity contribution in [3.8, 4) is 0 Å². The van der Waals surface area contributed by atoms with Crippen molar-refractivity contribution in [2.75, 3.05) is 11.1 Å². The number of benzene rings is 2. The van der Waals surface area contributed by atoms with Crippen LogP contribution in [0.5, 0.6) is 0 Å². The number of aryl methyl sites for hydroxylation is 1. The van der Waals surface area contributed by atoms with Gasteiger partial charge in [-0.25, -0.2) is 0 Å². The Morgan fingerprint density at radius 1 is 1.05 bits per heavy atom. The molecule has 3 nitrogen and oxygen atoms in total. The predicted molar refractivity (Wildman–Crippen MR) is 89.3 cm³/mol. The monoisotopic (exact) mass is 277 g/mol. The summed E-state index contributed by atoms with van der Waals surface area (Å²) in [5.74, 6) is 0. The Morgan fingerprint density at radius 3 is 2.67 bits per heavy atom. The SMILES string of the molecule is CCc1ccccc1CNc1ccnc2cc(N)ccc12. The van der Waals surface area contributed by atoms with E-state index < -0.39 is 0 Å². The minimum Gasteiger partial charge on any atom is -0.399 e. The number of nitrogen functional groups attached to an aromatic ring is 1. The average molecular weight is 277 g/mol. The van der Waals surface area contributed by atoms with E-state index in [1.165, 1.54) is 11.1 Å². The third kappa shape index (κ3) is 2.82. The molecular formula is C18H19N3. The molecule has 0 radical (unpaired) electrons. The molecule has 0 bridgehead atoms. The van der Waals surface area contributed by atoms with Gasteiger partial charge in [-0.15, -0.1) is 0 Å². The lowest BCUT2D eigenvalue weighted by Crippen LogP contribution is -2.03. The Morgan fingerprint density at radius 2 is 1.86 bits per heavy atom. The fourth-order valence-electron chi connectivity index (χ4n) is 2.58. The highest BCUT2D eigenvalue weighted by atomic mass is 14.9. The maximum atomic E-state index is 5.82. The molecule has 0 aliphatic rings. The molecule has 3 rings (SSSR count). The van der Waals surface area contributed by atoms with E-state index in [0.717, 1.165) is 35.2 Å². The van der Waals surface area contributed by atoms with E-state index in [9.17, 15) is 0 Å². The van der Waals surface area contributed by atoms with Crippen LogP contribution in [-0.4, -0.2) is 4.98 Å². The van der Waals surface area contributed by atoms with Crippen molar-refractivity contribution >= 4 is 22.3 Å². The van der Waals surface area contributed by atoms with Crippen LogP contribution in [0.3, 0.4) is 0 Å². The molecule has 0 saturated heterocycles. The van der Waals surface area contributed by atoms with Crippen LogP contribution in [0, 0.1) is 0 Å². The highest BCUT2D eigenvalue weighted by Gasteiger charge is 2.04. The largest absolute Gasteiger partial charge is 0.399 e. The van der Waals surface area contributed by atoms with Crippen LogP contribution in [0.1, 0.15) is 18.1 Å². The van der Waals surface area contributed by atoms with Crippen molar-refractivity contribution in [3.63, 3.8) is 0 Å². The standard InChI is InChI=1S/C18H19N3/c1-2-13-5-3-4-6-14(13)12-21-17-9-10-20-18-11-15(19)7-8-16(17)18/h3-11H,2,12,19H2,1H3,(H,20,21). The third-order valence-corrected chi connectivity index (χ3v) is 3.74. The van der Waals surface area contributed by atoms with Gasteiger partial charge < -0.3 is 11.1 Å². The third-order valence-electron chi connectivity index (χ3n) is 3.74. The quantitative estimate of drug-likeness (QED) is 0.709. The van der Waals surface area contributed by atoms with Gasteiger partial charge in [0.05, 0.1) is 5.52 Å². The van der Waals surface area contributed by atoms with Gasteiger partial charge in [0, 0.05) is 29.5 Å². The summed E-state index contributed by atoms with van der Waals surface area (Å²) < 4.78 is 0. The normalized spacial score (nSPS) is 10.7. The van der Waals surface area contributed by atoms with Crippen LogP contribution in [0.4, 0.5) is 11.4 Å². The molecule has 1 heterocycles. The Hall–Kier alpha value is -2.55. The first-order chi connectivity index (χ1) is 10.3. The van der Waals surface area contributed by atoms with Crippen LogP contribution < -0.4 is 11.1 Å². The molecule has 106 valence electrons. The highest BCUT2D eigenvalue weighted by molar-refractivity contribution is 5.92. The molecular weight excluding hydrogens is 258 g/mol. The Kier molecular flexibility index (Phi) is 3.73. The highest BCUT2D eigenvalue weighted by Crippen LogP contribution is 2.24. The van der Waals surface area contributed by atoms with E-state index in [4.69, 9.17) is 5.73 Å². The zero-order valence-corrected chi connectivity index (χ0v) is 12.1. The summed E-state index contributed by atoms with van der Waals surface area (Å²) in [7, 11) is 0. The topological polar surface area (TPSA) is 50.9 Å². The number of nitrogens with zero attached hydrogens (tertiary/aromatic N) is 1. The molecule has 0 saturated carbocycles. The number of hydrogen-bond donors (Lipinski definition) is 2. The zero-order chi connectivity index (χ0) is 14.7. The molecule has 0 aliphatic heterocycles. The first-order valence-corrected chi connectivity index (χ1v) is 7.23. The van der Waals surface area contributed by atoms with Gasteiger partial charge in [-0.1, -0.05) is 31.2 Å². The van der Waals surface area contributed by atoms with E-state index in [0.29, 0.717) is 0 Å². The van der Waals surface area contributed by atoms with Gasteiger partial charge in [-0.05, 0) is 41.8 Å². The second-order valence-electron chi connectivity index (χ2n) is 5.11. The maximum Gasteiger partial charge on any atom is 0.0743 e. The van der Waals surface area contributed by atoms with E-state index in [2.05, 4.69) is 41.5 Å². The summed E-state index contributed by atoms with van der Waals surface area (Å²) in [5.41, 5.74) is 11.3. The summed E-state index contributed by atoms with van der Waals surface area (Å²) in [6.45, 7) is 3.00. The molecule has 0 fully saturated rings. The zero-order valence-electron chi connectivity index (χ0n) is 12.1. The summed E-state index contributed by atoms with van der Waals surface area (Å²) in [6, 6.07) is 16.4. The van der Waals surface area contributed by atoms with Crippen molar-refractivity contribution in [2.45, 2.75) is 19.9 Å². The van der Waals surface area contributed by atoms with Gasteiger partial charge in [0.2, 0.25) is 0 Å². The molecule has 3 N–H and O–H groups in total. The first kappa shape index (κ1) is 13.4. The maximum absolute atomic E-state index is 5.82. The van der Waals surface area contributed by atoms with Gasteiger partial charge in [-0.3, -0.25) is 4.98 Å². The Balaban J connectivity index is 1.88. The number of fused-ring (bicyclic) bond motifs is 1. The molecule has 3 aromatic rings. The van der Waals surface area contributed by atoms with Crippen LogP contribution in [0.15, 0.2) is 54.7 Å². The lowest BCUT2D eigenvalue weighted by atomic mass is 10.1. The smallest absolute Gasteiger partial charge is 0.0743 e. The average Bonchev–Trinajstić information content (AvgIpc) is 2.52. The summed E-state index contributed by atoms with van der Waals surface area (Å²) in [6.07, 6.45) is 2.86. The minimum atomic E-state index is 0.739. The lowest BCUT2D eigenvalue weighted by molar-refractivity contribution is 1.04. The van der Waals surface area contributed by atoms with E-state index >= 15 is 0 Å². The molecule has 0 atom stereocenters. The van der Waals surface area contributed by atoms with E-state index in [-0.39, 0.29) is 0 Å². The number of rotatable bonds is 4. The summed E-state index contributed by atoms with van der Waals surface area (Å²) in [4.78, 5) is 4.37. The van der Waals surface area contributed by atoms with Gasteiger partial charge in [0.15, 0.2) is 0 Å².